The number of amides is 1. The Morgan fingerprint density at radius 3 is 2.47 bits per heavy atom. The van der Waals surface area contributed by atoms with E-state index < -0.39 is 11.5 Å². The van der Waals surface area contributed by atoms with E-state index in [0.29, 0.717) is 0 Å². The monoisotopic (exact) mass is 257 g/mol. The van der Waals surface area contributed by atoms with Crippen LogP contribution in [-0.2, 0) is 9.59 Å². The van der Waals surface area contributed by atoms with E-state index in [1.165, 1.54) is 0 Å². The molecule has 1 aliphatic heterocycles. The molecule has 2 fully saturated rings. The Kier molecular flexibility index (Phi) is 3.66. The molecule has 1 aliphatic carbocycles. The first-order chi connectivity index (χ1) is 8.04. The highest BCUT2D eigenvalue weighted by Gasteiger charge is 2.49. The first kappa shape index (κ1) is 12.7. The number of aliphatic carboxylic acids is 1. The molecule has 2 aliphatic rings. The predicted octanol–water partition coefficient (Wildman–Crippen LogP) is 1.64. The molecule has 0 bridgehead atoms. The fourth-order valence-electron chi connectivity index (χ4n) is 2.27. The van der Waals surface area contributed by atoms with E-state index in [4.69, 9.17) is 0 Å². The molecule has 1 heterocycles. The van der Waals surface area contributed by atoms with E-state index in [-0.39, 0.29) is 17.1 Å². The molecule has 0 spiro atoms. The van der Waals surface area contributed by atoms with Gasteiger partial charge in [-0.1, -0.05) is 6.42 Å². The zero-order chi connectivity index (χ0) is 12.5. The van der Waals surface area contributed by atoms with Gasteiger partial charge in [0.05, 0.1) is 5.25 Å². The molecule has 0 radical (unpaired) electrons. The molecule has 2 atom stereocenters. The number of carboxylic acids is 1. The third kappa shape index (κ3) is 2.76. The van der Waals surface area contributed by atoms with Crippen LogP contribution in [0.1, 0.15) is 39.0 Å². The fourth-order valence-corrected chi connectivity index (χ4v) is 3.47. The summed E-state index contributed by atoms with van der Waals surface area (Å²) in [6.07, 6.45) is 4.91. The number of rotatable bonds is 4. The molecule has 96 valence electrons. The highest BCUT2D eigenvalue weighted by Crippen LogP contribution is 2.40. The molecule has 0 aromatic heterocycles. The third-order valence-electron chi connectivity index (χ3n) is 3.69. The van der Waals surface area contributed by atoms with Gasteiger partial charge in [-0.2, -0.15) is 0 Å². The standard InChI is InChI=1S/C12H19NO3S/c1-12(11(15)16,8-5-6-8)13-10(14)9-4-2-3-7-17-9/h8-9H,2-7H2,1H3,(H,13,14)(H,15,16). The van der Waals surface area contributed by atoms with Crippen molar-refractivity contribution in [1.29, 1.82) is 0 Å². The van der Waals surface area contributed by atoms with Crippen LogP contribution in [0.5, 0.6) is 0 Å². The largest absolute Gasteiger partial charge is 0.480 e. The van der Waals surface area contributed by atoms with Crippen LogP contribution in [0.2, 0.25) is 0 Å². The van der Waals surface area contributed by atoms with Crippen molar-refractivity contribution in [3.63, 3.8) is 0 Å². The van der Waals surface area contributed by atoms with Crippen LogP contribution in [0.25, 0.3) is 0 Å². The van der Waals surface area contributed by atoms with E-state index in [1.807, 2.05) is 0 Å². The second-order valence-corrected chi connectivity index (χ2v) is 6.44. The Balaban J connectivity index is 1.97. The summed E-state index contributed by atoms with van der Waals surface area (Å²) in [7, 11) is 0. The van der Waals surface area contributed by atoms with Gasteiger partial charge in [-0.05, 0) is 44.3 Å². The smallest absolute Gasteiger partial charge is 0.329 e. The lowest BCUT2D eigenvalue weighted by Gasteiger charge is -2.29. The van der Waals surface area contributed by atoms with Crippen molar-refractivity contribution >= 4 is 23.6 Å². The lowest BCUT2D eigenvalue weighted by molar-refractivity contribution is -0.147. The van der Waals surface area contributed by atoms with Crippen molar-refractivity contribution in [2.24, 2.45) is 5.92 Å². The summed E-state index contributed by atoms with van der Waals surface area (Å²) in [5.74, 6) is 0.115. The van der Waals surface area contributed by atoms with Crippen LogP contribution in [0.3, 0.4) is 0 Å². The number of thioether (sulfide) groups is 1. The van der Waals surface area contributed by atoms with E-state index in [0.717, 1.165) is 37.9 Å². The molecule has 17 heavy (non-hydrogen) atoms. The molecule has 0 aromatic rings. The van der Waals surface area contributed by atoms with Gasteiger partial charge in [-0.3, -0.25) is 4.79 Å². The second-order valence-electron chi connectivity index (χ2n) is 5.13. The van der Waals surface area contributed by atoms with Crippen LogP contribution in [0.4, 0.5) is 0 Å². The Bertz CT molecular complexity index is 324. The van der Waals surface area contributed by atoms with Gasteiger partial charge in [0.1, 0.15) is 5.54 Å². The number of carbonyl (C=O) groups is 2. The van der Waals surface area contributed by atoms with Crippen molar-refractivity contribution in [2.75, 3.05) is 5.75 Å². The number of hydrogen-bond donors (Lipinski definition) is 2. The van der Waals surface area contributed by atoms with Crippen LogP contribution >= 0.6 is 11.8 Å². The maximum Gasteiger partial charge on any atom is 0.329 e. The Morgan fingerprint density at radius 1 is 1.29 bits per heavy atom. The fraction of sp³-hybridized carbons (Fsp3) is 0.833. The maximum atomic E-state index is 12.1. The van der Waals surface area contributed by atoms with E-state index >= 15 is 0 Å². The molecular weight excluding hydrogens is 238 g/mol. The van der Waals surface area contributed by atoms with Gasteiger partial charge >= 0.3 is 5.97 Å². The highest BCUT2D eigenvalue weighted by atomic mass is 32.2. The summed E-state index contributed by atoms with van der Waals surface area (Å²) in [6.45, 7) is 1.64. The number of hydrogen-bond acceptors (Lipinski definition) is 3. The molecule has 2 rings (SSSR count). The maximum absolute atomic E-state index is 12.1. The molecule has 4 nitrogen and oxygen atoms in total. The third-order valence-corrected chi connectivity index (χ3v) is 5.07. The van der Waals surface area contributed by atoms with Crippen molar-refractivity contribution in [3.8, 4) is 0 Å². The van der Waals surface area contributed by atoms with Crippen LogP contribution < -0.4 is 5.32 Å². The number of nitrogens with one attached hydrogen (secondary N) is 1. The van der Waals surface area contributed by atoms with Crippen molar-refractivity contribution < 1.29 is 14.7 Å². The SMILES string of the molecule is CC(NC(=O)C1CCCCS1)(C(=O)O)C1CC1. The zero-order valence-electron chi connectivity index (χ0n) is 10.1. The molecule has 1 amide bonds. The summed E-state index contributed by atoms with van der Waals surface area (Å²) in [6, 6.07) is 0. The minimum Gasteiger partial charge on any atom is -0.480 e. The molecule has 2 unspecified atom stereocenters. The lowest BCUT2D eigenvalue weighted by atomic mass is 9.95. The average Bonchev–Trinajstić information content (AvgIpc) is 3.13. The zero-order valence-corrected chi connectivity index (χ0v) is 10.9. The van der Waals surface area contributed by atoms with Gasteiger partial charge in [0.15, 0.2) is 0 Å². The summed E-state index contributed by atoms with van der Waals surface area (Å²) < 4.78 is 0. The van der Waals surface area contributed by atoms with E-state index in [1.54, 1.807) is 18.7 Å². The van der Waals surface area contributed by atoms with Crippen LogP contribution in [0.15, 0.2) is 0 Å². The average molecular weight is 257 g/mol. The van der Waals surface area contributed by atoms with Gasteiger partial charge in [-0.25, -0.2) is 4.79 Å². The quantitative estimate of drug-likeness (QED) is 0.803. The van der Waals surface area contributed by atoms with Crippen LogP contribution in [0, 0.1) is 5.92 Å². The minimum absolute atomic E-state index is 0.0545. The van der Waals surface area contributed by atoms with Gasteiger partial charge < -0.3 is 10.4 Å². The minimum atomic E-state index is -1.06. The van der Waals surface area contributed by atoms with Gasteiger partial charge in [0.2, 0.25) is 5.91 Å². The Morgan fingerprint density at radius 2 is 2.00 bits per heavy atom. The van der Waals surface area contributed by atoms with Crippen molar-refractivity contribution in [1.82, 2.24) is 5.32 Å². The number of carbonyl (C=O) groups excluding carboxylic acids is 1. The lowest BCUT2D eigenvalue weighted by Crippen LogP contribution is -2.56. The summed E-state index contributed by atoms with van der Waals surface area (Å²) >= 11 is 1.65. The summed E-state index contributed by atoms with van der Waals surface area (Å²) in [5.41, 5.74) is -1.06. The molecule has 1 saturated carbocycles. The first-order valence-electron chi connectivity index (χ1n) is 6.21. The summed E-state index contributed by atoms with van der Waals surface area (Å²) in [5, 5.41) is 12.0. The van der Waals surface area contributed by atoms with E-state index in [9.17, 15) is 14.7 Å². The number of carboxylic acid groups (broad SMARTS) is 1. The van der Waals surface area contributed by atoms with Gasteiger partial charge in [0, 0.05) is 0 Å². The molecule has 0 aromatic carbocycles. The molecule has 1 saturated heterocycles. The Hall–Kier alpha value is -0.710. The van der Waals surface area contributed by atoms with Crippen molar-refractivity contribution in [2.45, 2.75) is 49.8 Å². The normalized spacial score (nSPS) is 28.2. The highest BCUT2D eigenvalue weighted by molar-refractivity contribution is 8.00. The van der Waals surface area contributed by atoms with Crippen molar-refractivity contribution in [3.05, 3.63) is 0 Å². The molecule has 5 heteroatoms. The summed E-state index contributed by atoms with van der Waals surface area (Å²) in [4.78, 5) is 23.4. The van der Waals surface area contributed by atoms with Crippen LogP contribution in [-0.4, -0.2) is 33.5 Å². The molecular formula is C12H19NO3S. The van der Waals surface area contributed by atoms with Gasteiger partial charge in [-0.15, -0.1) is 11.8 Å². The second kappa shape index (κ2) is 4.88. The predicted molar refractivity (Wildman–Crippen MR) is 67.0 cm³/mol. The Labute approximate surface area is 106 Å². The molecule has 2 N–H and O–H groups in total. The first-order valence-corrected chi connectivity index (χ1v) is 7.26. The topological polar surface area (TPSA) is 66.4 Å². The van der Waals surface area contributed by atoms with E-state index in [2.05, 4.69) is 5.32 Å². The van der Waals surface area contributed by atoms with Gasteiger partial charge in [0.25, 0.3) is 0 Å².